The van der Waals surface area contributed by atoms with Gasteiger partial charge < -0.3 is 13.6 Å². The molecular weight excluding hydrogens is 208 g/mol. The van der Waals surface area contributed by atoms with Crippen molar-refractivity contribution in [1.29, 1.82) is 0 Å². The molecule has 0 radical (unpaired) electrons. The Bertz CT molecular complexity index is 188. The average molecular weight is 230 g/mol. The van der Waals surface area contributed by atoms with Crippen molar-refractivity contribution < 1.29 is 13.6 Å². The van der Waals surface area contributed by atoms with Crippen LogP contribution in [0.3, 0.4) is 0 Å². The van der Waals surface area contributed by atoms with Crippen LogP contribution in [0.2, 0.25) is 12.1 Å². The summed E-state index contributed by atoms with van der Waals surface area (Å²) in [5, 5.41) is 0. The SMILES string of the molecule is CCCC[Si]1(OCC2CO2)CCCCO1. The van der Waals surface area contributed by atoms with Crippen molar-refractivity contribution in [3.05, 3.63) is 0 Å². The van der Waals surface area contributed by atoms with Crippen molar-refractivity contribution >= 4 is 8.56 Å². The first-order chi connectivity index (χ1) is 7.35. The number of hydrogen-bond donors (Lipinski definition) is 0. The molecule has 2 heterocycles. The van der Waals surface area contributed by atoms with Crippen molar-refractivity contribution in [1.82, 2.24) is 0 Å². The van der Waals surface area contributed by atoms with Gasteiger partial charge in [0.05, 0.1) is 13.2 Å². The zero-order valence-electron chi connectivity index (χ0n) is 9.67. The molecule has 2 aliphatic rings. The largest absolute Gasteiger partial charge is 0.394 e. The summed E-state index contributed by atoms with van der Waals surface area (Å²) in [6.07, 6.45) is 5.37. The van der Waals surface area contributed by atoms with Gasteiger partial charge in [-0.1, -0.05) is 19.8 Å². The third kappa shape index (κ3) is 3.55. The van der Waals surface area contributed by atoms with Crippen LogP contribution in [-0.2, 0) is 13.6 Å². The minimum atomic E-state index is -1.81. The molecule has 3 nitrogen and oxygen atoms in total. The summed E-state index contributed by atoms with van der Waals surface area (Å²) in [6.45, 7) is 4.81. The van der Waals surface area contributed by atoms with Crippen molar-refractivity contribution in [3.8, 4) is 0 Å². The molecule has 0 aromatic rings. The maximum atomic E-state index is 6.09. The van der Waals surface area contributed by atoms with Crippen molar-refractivity contribution in [2.45, 2.75) is 50.8 Å². The monoisotopic (exact) mass is 230 g/mol. The van der Waals surface area contributed by atoms with Crippen molar-refractivity contribution in [2.24, 2.45) is 0 Å². The van der Waals surface area contributed by atoms with Gasteiger partial charge in [0.25, 0.3) is 0 Å². The molecule has 2 fully saturated rings. The van der Waals surface area contributed by atoms with E-state index in [-0.39, 0.29) is 0 Å². The Hall–Kier alpha value is 0.0969. The van der Waals surface area contributed by atoms with Crippen LogP contribution in [0.25, 0.3) is 0 Å². The second kappa shape index (κ2) is 5.43. The van der Waals surface area contributed by atoms with Gasteiger partial charge in [-0.3, -0.25) is 0 Å². The first-order valence-electron chi connectivity index (χ1n) is 6.24. The average Bonchev–Trinajstić information content (AvgIpc) is 3.09. The summed E-state index contributed by atoms with van der Waals surface area (Å²) < 4.78 is 17.3. The second-order valence-corrected chi connectivity index (χ2v) is 7.98. The van der Waals surface area contributed by atoms with E-state index >= 15 is 0 Å². The molecule has 0 N–H and O–H groups in total. The number of ether oxygens (including phenoxy) is 1. The Kier molecular flexibility index (Phi) is 4.19. The third-order valence-corrected chi connectivity index (χ3v) is 6.82. The molecule has 2 unspecified atom stereocenters. The van der Waals surface area contributed by atoms with Gasteiger partial charge in [-0.25, -0.2) is 0 Å². The van der Waals surface area contributed by atoms with E-state index in [2.05, 4.69) is 6.92 Å². The number of epoxide rings is 1. The molecule has 15 heavy (non-hydrogen) atoms. The lowest BCUT2D eigenvalue weighted by atomic mass is 10.4. The molecule has 0 aliphatic carbocycles. The molecule has 0 saturated carbocycles. The van der Waals surface area contributed by atoms with Gasteiger partial charge in [-0.2, -0.15) is 0 Å². The van der Waals surface area contributed by atoms with E-state index in [1.165, 1.54) is 37.8 Å². The first kappa shape index (κ1) is 11.6. The Morgan fingerprint density at radius 1 is 1.40 bits per heavy atom. The Balaban J connectivity index is 1.80. The molecule has 2 atom stereocenters. The fourth-order valence-electron chi connectivity index (χ4n) is 2.07. The summed E-state index contributed by atoms with van der Waals surface area (Å²) in [4.78, 5) is 0. The van der Waals surface area contributed by atoms with Gasteiger partial charge in [-0.05, 0) is 24.9 Å². The highest BCUT2D eigenvalue weighted by atomic mass is 28.4. The molecule has 2 aliphatic heterocycles. The van der Waals surface area contributed by atoms with Crippen LogP contribution < -0.4 is 0 Å². The molecule has 0 bridgehead atoms. The topological polar surface area (TPSA) is 31.0 Å². The molecule has 0 amide bonds. The van der Waals surface area contributed by atoms with Gasteiger partial charge in [0, 0.05) is 6.61 Å². The zero-order valence-corrected chi connectivity index (χ0v) is 10.7. The van der Waals surface area contributed by atoms with Crippen LogP contribution in [0.1, 0.15) is 32.6 Å². The van der Waals surface area contributed by atoms with E-state index in [4.69, 9.17) is 13.6 Å². The highest BCUT2D eigenvalue weighted by molar-refractivity contribution is 6.67. The summed E-state index contributed by atoms with van der Waals surface area (Å²) in [5.74, 6) is 0. The van der Waals surface area contributed by atoms with Crippen LogP contribution in [0.15, 0.2) is 0 Å². The van der Waals surface area contributed by atoms with Gasteiger partial charge in [-0.15, -0.1) is 0 Å². The molecule has 0 aromatic carbocycles. The summed E-state index contributed by atoms with van der Waals surface area (Å²) >= 11 is 0. The minimum absolute atomic E-state index is 0.376. The Morgan fingerprint density at radius 3 is 2.87 bits per heavy atom. The standard InChI is InChI=1S/C11H22O3Si/c1-2-3-7-15(8-5-4-6-13-15)14-10-11-9-12-11/h11H,2-10H2,1H3. The van der Waals surface area contributed by atoms with Crippen LogP contribution >= 0.6 is 0 Å². The van der Waals surface area contributed by atoms with E-state index in [9.17, 15) is 0 Å². The lowest BCUT2D eigenvalue weighted by molar-refractivity contribution is 0.137. The molecule has 0 aromatic heterocycles. The van der Waals surface area contributed by atoms with Crippen LogP contribution in [0.5, 0.6) is 0 Å². The quantitative estimate of drug-likeness (QED) is 0.519. The van der Waals surface area contributed by atoms with Gasteiger partial charge >= 0.3 is 8.56 Å². The molecular formula is C11H22O3Si. The number of hydrogen-bond acceptors (Lipinski definition) is 3. The second-order valence-electron chi connectivity index (χ2n) is 4.59. The van der Waals surface area contributed by atoms with Crippen LogP contribution in [0, 0.1) is 0 Å². The lowest BCUT2D eigenvalue weighted by Gasteiger charge is -2.34. The van der Waals surface area contributed by atoms with Gasteiger partial charge in [0.15, 0.2) is 0 Å². The first-order valence-corrected chi connectivity index (χ1v) is 8.47. The fraction of sp³-hybridized carbons (Fsp3) is 1.00. The normalized spacial score (nSPS) is 35.4. The Morgan fingerprint density at radius 2 is 2.27 bits per heavy atom. The van der Waals surface area contributed by atoms with Gasteiger partial charge in [0.2, 0.25) is 0 Å². The van der Waals surface area contributed by atoms with Gasteiger partial charge in [0.1, 0.15) is 6.10 Å². The molecule has 2 rings (SSSR count). The van der Waals surface area contributed by atoms with E-state index in [1.807, 2.05) is 0 Å². The van der Waals surface area contributed by atoms with Crippen molar-refractivity contribution in [2.75, 3.05) is 19.8 Å². The fourth-order valence-corrected chi connectivity index (χ4v) is 5.66. The maximum Gasteiger partial charge on any atom is 0.338 e. The summed E-state index contributed by atoms with van der Waals surface area (Å²) in [6, 6.07) is 2.37. The lowest BCUT2D eigenvalue weighted by Crippen LogP contribution is -2.45. The van der Waals surface area contributed by atoms with E-state index in [0.29, 0.717) is 6.10 Å². The third-order valence-electron chi connectivity index (χ3n) is 3.16. The smallest absolute Gasteiger partial charge is 0.338 e. The van der Waals surface area contributed by atoms with Crippen LogP contribution in [0.4, 0.5) is 0 Å². The highest BCUT2D eigenvalue weighted by Gasteiger charge is 2.40. The van der Waals surface area contributed by atoms with E-state index < -0.39 is 8.56 Å². The predicted molar refractivity (Wildman–Crippen MR) is 61.2 cm³/mol. The highest BCUT2D eigenvalue weighted by Crippen LogP contribution is 2.29. The van der Waals surface area contributed by atoms with E-state index in [1.54, 1.807) is 0 Å². The Labute approximate surface area is 93.3 Å². The minimum Gasteiger partial charge on any atom is -0.394 e. The summed E-state index contributed by atoms with van der Waals surface area (Å²) in [7, 11) is -1.81. The zero-order chi connectivity index (χ0) is 10.6. The molecule has 88 valence electrons. The summed E-state index contributed by atoms with van der Waals surface area (Å²) in [5.41, 5.74) is 0. The molecule has 0 spiro atoms. The molecule has 2 saturated heterocycles. The predicted octanol–water partition coefficient (Wildman–Crippen LogP) is 2.45. The van der Waals surface area contributed by atoms with E-state index in [0.717, 1.165) is 19.8 Å². The number of unbranched alkanes of at least 4 members (excludes halogenated alkanes) is 1. The molecule has 4 heteroatoms. The number of rotatable bonds is 6. The van der Waals surface area contributed by atoms with Crippen LogP contribution in [-0.4, -0.2) is 34.5 Å². The van der Waals surface area contributed by atoms with Crippen molar-refractivity contribution in [3.63, 3.8) is 0 Å². The maximum absolute atomic E-state index is 6.09.